The number of hydrogen-bond acceptors (Lipinski definition) is 14. The Morgan fingerprint density at radius 2 is 0.469 bits per heavy atom. The zero-order valence-electron chi connectivity index (χ0n) is 71.3. The van der Waals surface area contributed by atoms with Gasteiger partial charge in [-0.1, -0.05) is 365 Å². The van der Waals surface area contributed by atoms with Crippen LogP contribution in [-0.2, 0) is 55.8 Å². The van der Waals surface area contributed by atoms with Gasteiger partial charge in [-0.2, -0.15) is 0 Å². The summed E-state index contributed by atoms with van der Waals surface area (Å²) >= 11 is 0. The van der Waals surface area contributed by atoms with Crippen molar-refractivity contribution in [3.8, 4) is 0 Å². The van der Waals surface area contributed by atoms with Gasteiger partial charge in [-0.25, -0.2) is 9.13 Å². The normalized spacial score (nSPS) is 14.6. The Balaban J connectivity index is 4.41. The summed E-state index contributed by atoms with van der Waals surface area (Å²) in [4.78, 5) is 58.8. The largest absolute Gasteiger partial charge is 0.472 e. The lowest BCUT2D eigenvalue weighted by atomic mass is 10.0. The number of esters is 3. The van der Waals surface area contributed by atoms with E-state index in [4.69, 9.17) is 32.3 Å². The Morgan fingerprint density at radius 3 is 0.743 bits per heavy atom. The van der Waals surface area contributed by atoms with Gasteiger partial charge in [0.05, 0.1) is 26.4 Å². The molecule has 0 spiro atoms. The molecule has 16 nitrogen and oxygen atoms in total. The van der Waals surface area contributed by atoms with E-state index in [0.29, 0.717) is 19.3 Å². The van der Waals surface area contributed by atoms with E-state index in [1.165, 1.54) is 141 Å². The second kappa shape index (κ2) is 86.5. The second-order valence-electron chi connectivity index (χ2n) is 29.6. The van der Waals surface area contributed by atoms with Gasteiger partial charge in [-0.3, -0.25) is 32.5 Å². The van der Waals surface area contributed by atoms with Crippen LogP contribution in [0.3, 0.4) is 0 Å². The molecule has 0 saturated carbocycles. The topological polar surface area (TPSA) is 231 Å². The Bertz CT molecular complexity index is 2680. The molecule has 0 aliphatic rings. The van der Waals surface area contributed by atoms with Crippen LogP contribution in [0.5, 0.6) is 0 Å². The maximum atomic E-state index is 13.0. The minimum Gasteiger partial charge on any atom is -0.463 e. The number of hydrogen-bond donors (Lipinski definition) is 4. The maximum absolute atomic E-state index is 13.0. The number of aliphatic hydroxyl groups is 2. The first-order chi connectivity index (χ1) is 55.2. The third-order valence-corrected chi connectivity index (χ3v) is 20.6. The van der Waals surface area contributed by atoms with Crippen molar-refractivity contribution in [3.63, 3.8) is 0 Å². The van der Waals surface area contributed by atoms with Gasteiger partial charge in [0.2, 0.25) is 0 Å². The van der Waals surface area contributed by atoms with Gasteiger partial charge in [0, 0.05) is 19.3 Å². The van der Waals surface area contributed by atoms with Gasteiger partial charge in [0.25, 0.3) is 0 Å². The monoisotopic (exact) mass is 1620 g/mol. The van der Waals surface area contributed by atoms with Crippen molar-refractivity contribution in [3.05, 3.63) is 158 Å². The predicted molar refractivity (Wildman–Crippen MR) is 472 cm³/mol. The highest BCUT2D eigenvalue weighted by Gasteiger charge is 2.29. The number of unbranched alkanes of at least 4 members (excludes halogenated alkanes) is 35. The first kappa shape index (κ1) is 108. The first-order valence-corrected chi connectivity index (χ1v) is 47.8. The molecule has 0 bridgehead atoms. The van der Waals surface area contributed by atoms with Crippen LogP contribution >= 0.6 is 15.6 Å². The van der Waals surface area contributed by atoms with E-state index in [9.17, 15) is 43.5 Å². The smallest absolute Gasteiger partial charge is 0.463 e. The zero-order valence-corrected chi connectivity index (χ0v) is 73.0. The van der Waals surface area contributed by atoms with Crippen LogP contribution in [0, 0.1) is 0 Å². The van der Waals surface area contributed by atoms with Crippen LogP contribution < -0.4 is 0 Å². The van der Waals surface area contributed by atoms with Crippen molar-refractivity contribution >= 4 is 33.6 Å². The average Bonchev–Trinajstić information content (AvgIpc) is 0.903. The SMILES string of the molecule is CC/C=C\C/C=C\C/C=C\C/C=C\C/C=C\C/C=C\CCCCCCCCCCCCCCCCC(=O)OCC(O)COP(=O)(O)OCC(O)COP(=O)(O)OCC(COC(=O)CCCCCCCCCCCCCCCCC/C=C\C/C=C\C/C=C\C/C=C\C/C=C\CC)OC(=O)CCCCCCC/C=C\C/C=C\CCC. The van der Waals surface area contributed by atoms with Gasteiger partial charge >= 0.3 is 33.6 Å². The number of carbonyl (C=O) groups is 3. The van der Waals surface area contributed by atoms with E-state index < -0.39 is 91.5 Å². The van der Waals surface area contributed by atoms with Crippen LogP contribution in [0.2, 0.25) is 0 Å². The van der Waals surface area contributed by atoms with E-state index in [2.05, 4.69) is 179 Å². The summed E-state index contributed by atoms with van der Waals surface area (Å²) in [6, 6.07) is 0. The summed E-state index contributed by atoms with van der Waals surface area (Å²) < 4.78 is 61.3. The Morgan fingerprint density at radius 1 is 0.257 bits per heavy atom. The summed E-state index contributed by atoms with van der Waals surface area (Å²) in [6.07, 6.45) is 110. The molecule has 113 heavy (non-hydrogen) atoms. The quantitative estimate of drug-likeness (QED) is 0.0146. The van der Waals surface area contributed by atoms with Gasteiger partial charge in [0.15, 0.2) is 6.10 Å². The molecule has 0 heterocycles. The van der Waals surface area contributed by atoms with Crippen molar-refractivity contribution in [2.75, 3.05) is 39.6 Å². The summed E-state index contributed by atoms with van der Waals surface area (Å²) in [5.41, 5.74) is 0. The van der Waals surface area contributed by atoms with Crippen LogP contribution in [0.25, 0.3) is 0 Å². The molecule has 5 unspecified atom stereocenters. The Labute approximate surface area is 689 Å². The molecule has 0 rings (SSSR count). The maximum Gasteiger partial charge on any atom is 0.472 e. The fourth-order valence-electron chi connectivity index (χ4n) is 12.0. The molecule has 0 aromatic heterocycles. The minimum absolute atomic E-state index is 0.0869. The molecule has 0 aromatic rings. The van der Waals surface area contributed by atoms with E-state index >= 15 is 0 Å². The number of aliphatic hydroxyl groups excluding tert-OH is 2. The molecule has 0 fully saturated rings. The van der Waals surface area contributed by atoms with E-state index in [0.717, 1.165) is 167 Å². The molecular weight excluding hydrogens is 1460 g/mol. The summed E-state index contributed by atoms with van der Waals surface area (Å²) in [5, 5.41) is 20.7. The molecule has 4 N–H and O–H groups in total. The molecule has 0 radical (unpaired) electrons. The Kier molecular flexibility index (Phi) is 82.8. The molecule has 5 atom stereocenters. The number of phosphoric ester groups is 2. The lowest BCUT2D eigenvalue weighted by Crippen LogP contribution is -2.30. The molecule has 0 aromatic carbocycles. The van der Waals surface area contributed by atoms with E-state index in [-0.39, 0.29) is 19.3 Å². The highest BCUT2D eigenvalue weighted by Crippen LogP contribution is 2.45. The van der Waals surface area contributed by atoms with Crippen molar-refractivity contribution < 1.29 is 75.8 Å². The number of rotatable bonds is 84. The average molecular weight is 1620 g/mol. The summed E-state index contributed by atoms with van der Waals surface area (Å²) in [5.74, 6) is -1.58. The number of carbonyl (C=O) groups excluding carboxylic acids is 3. The number of ether oxygens (including phenoxy) is 3. The summed E-state index contributed by atoms with van der Waals surface area (Å²) in [6.45, 7) is 2.40. The van der Waals surface area contributed by atoms with E-state index in [1.54, 1.807) is 0 Å². The van der Waals surface area contributed by atoms with Crippen LogP contribution in [0.15, 0.2) is 158 Å². The molecular formula is C95H162O16P2. The fourth-order valence-corrected chi connectivity index (χ4v) is 13.6. The van der Waals surface area contributed by atoms with E-state index in [1.807, 2.05) is 0 Å². The summed E-state index contributed by atoms with van der Waals surface area (Å²) in [7, 11) is -9.80. The van der Waals surface area contributed by atoms with Crippen LogP contribution in [0.4, 0.5) is 0 Å². The molecule has 648 valence electrons. The zero-order chi connectivity index (χ0) is 82.2. The van der Waals surface area contributed by atoms with Crippen molar-refractivity contribution in [2.24, 2.45) is 0 Å². The standard InChI is InChI=1S/C95H162O16P2/c1-4-7-10-13-16-19-22-25-27-29-31-33-35-37-39-41-43-44-46-48-49-51-53-55-57-59-61-64-66-69-72-75-78-81-93(98)105-84-90(96)85-107-112(101,102)108-86-91(97)87-109-113(103,104)110-89-92(111-95(100)83-80-77-74-71-68-63-24-21-18-15-12-9-6-3)88-106-94(99)82-79-76-73-70-67-65-62-60-58-56-54-52-50-47-45-42-40-38-36-34-32-30-28-26-23-20-17-14-11-8-5-2/h7-8,10-12,15-17,19-21,24-28,31-34,37-40,43-44,90-92,96-97H,4-6,9,13-14,18,22-23,29-30,35-36,41-42,45-89H2,1-3H3,(H,101,102)(H,103,104)/b10-7-,11-8-,15-12-,19-16-,20-17-,24-21-,27-25-,28-26-,33-31-,34-32-,39-37-,40-38-,44-43-. The lowest BCUT2D eigenvalue weighted by Gasteiger charge is -2.21. The molecule has 18 heteroatoms. The van der Waals surface area contributed by atoms with Crippen molar-refractivity contribution in [1.82, 2.24) is 0 Å². The van der Waals surface area contributed by atoms with Crippen molar-refractivity contribution in [2.45, 2.75) is 386 Å². The highest BCUT2D eigenvalue weighted by molar-refractivity contribution is 7.47. The number of allylic oxidation sites excluding steroid dienone is 26. The third-order valence-electron chi connectivity index (χ3n) is 18.7. The lowest BCUT2D eigenvalue weighted by molar-refractivity contribution is -0.161. The number of phosphoric acid groups is 2. The third kappa shape index (κ3) is 87.8. The Hall–Kier alpha value is -4.83. The second-order valence-corrected chi connectivity index (χ2v) is 32.5. The molecule has 0 aliphatic heterocycles. The van der Waals surface area contributed by atoms with Gasteiger partial charge in [-0.15, -0.1) is 0 Å². The minimum atomic E-state index is -4.94. The molecule has 0 saturated heterocycles. The highest BCUT2D eigenvalue weighted by atomic mass is 31.2. The predicted octanol–water partition coefficient (Wildman–Crippen LogP) is 27.3. The molecule has 0 aliphatic carbocycles. The van der Waals surface area contributed by atoms with Gasteiger partial charge in [-0.05, 0) is 141 Å². The van der Waals surface area contributed by atoms with Gasteiger partial charge < -0.3 is 34.2 Å². The molecule has 0 amide bonds. The van der Waals surface area contributed by atoms with Crippen LogP contribution in [-0.4, -0.2) is 95.9 Å². The van der Waals surface area contributed by atoms with Crippen molar-refractivity contribution in [1.29, 1.82) is 0 Å². The van der Waals surface area contributed by atoms with Gasteiger partial charge in [0.1, 0.15) is 25.4 Å². The fraction of sp³-hybridized carbons (Fsp3) is 0.695. The van der Waals surface area contributed by atoms with Crippen LogP contribution in [0.1, 0.15) is 367 Å². The first-order valence-electron chi connectivity index (χ1n) is 44.8.